The number of rotatable bonds is 2. The van der Waals surface area contributed by atoms with Crippen LogP contribution in [-0.4, -0.2) is 6.61 Å². The van der Waals surface area contributed by atoms with Gasteiger partial charge in [0.2, 0.25) is 0 Å². The number of hydrogen-bond donors (Lipinski definition) is 0. The molecule has 2 aromatic carbocycles. The number of hydrogen-bond acceptors (Lipinski definition) is 1. The van der Waals surface area contributed by atoms with Crippen LogP contribution in [0.2, 0.25) is 0 Å². The first kappa shape index (κ1) is 15.0. The van der Waals surface area contributed by atoms with Crippen LogP contribution in [0.1, 0.15) is 35.4 Å². The van der Waals surface area contributed by atoms with Gasteiger partial charge >= 0.3 is 0 Å². The first-order chi connectivity index (χ1) is 9.88. The van der Waals surface area contributed by atoms with E-state index in [4.69, 9.17) is 4.74 Å². The number of benzene rings is 2. The fraction of sp³-hybridized carbons (Fsp3) is 0.294. The van der Waals surface area contributed by atoms with Gasteiger partial charge in [-0.05, 0) is 35.9 Å². The highest BCUT2D eigenvalue weighted by atomic mass is 79.9. The van der Waals surface area contributed by atoms with Gasteiger partial charge in [-0.25, -0.2) is 4.39 Å². The van der Waals surface area contributed by atoms with Crippen molar-refractivity contribution in [3.8, 4) is 5.75 Å². The Balaban J connectivity index is 2.03. The number of alkyl halides is 1. The first-order valence-electron chi connectivity index (χ1n) is 6.75. The molecule has 0 radical (unpaired) electrons. The number of ether oxygens (including phenoxy) is 1. The van der Waals surface area contributed by atoms with Gasteiger partial charge in [-0.3, -0.25) is 0 Å². The summed E-state index contributed by atoms with van der Waals surface area (Å²) in [7, 11) is 0. The Morgan fingerprint density at radius 2 is 1.95 bits per heavy atom. The number of halogens is 3. The summed E-state index contributed by atoms with van der Waals surface area (Å²) in [5.41, 5.74) is 2.83. The SMILES string of the molecule is CC1(C)COc2ccc(C(Br)c3cc(Br)ccc3F)cc21. The molecule has 1 aliphatic rings. The largest absolute Gasteiger partial charge is 0.492 e. The molecule has 1 unspecified atom stereocenters. The van der Waals surface area contributed by atoms with E-state index in [1.165, 1.54) is 11.6 Å². The van der Waals surface area contributed by atoms with Crippen LogP contribution in [0.3, 0.4) is 0 Å². The molecule has 0 spiro atoms. The van der Waals surface area contributed by atoms with E-state index in [0.29, 0.717) is 12.2 Å². The molecule has 0 aliphatic carbocycles. The second-order valence-electron chi connectivity index (χ2n) is 5.96. The second kappa shape index (κ2) is 5.40. The van der Waals surface area contributed by atoms with Crippen LogP contribution in [0.15, 0.2) is 40.9 Å². The molecule has 0 amide bonds. The van der Waals surface area contributed by atoms with Gasteiger partial charge in [0.1, 0.15) is 11.6 Å². The van der Waals surface area contributed by atoms with Crippen molar-refractivity contribution in [3.05, 3.63) is 63.4 Å². The van der Waals surface area contributed by atoms with Crippen LogP contribution in [-0.2, 0) is 5.41 Å². The smallest absolute Gasteiger partial charge is 0.127 e. The zero-order chi connectivity index (χ0) is 15.2. The number of fused-ring (bicyclic) bond motifs is 1. The lowest BCUT2D eigenvalue weighted by Gasteiger charge is -2.18. The first-order valence-corrected chi connectivity index (χ1v) is 8.45. The monoisotopic (exact) mass is 412 g/mol. The fourth-order valence-corrected chi connectivity index (χ4v) is 3.60. The van der Waals surface area contributed by atoms with Crippen molar-refractivity contribution < 1.29 is 9.13 Å². The molecule has 3 rings (SSSR count). The zero-order valence-corrected chi connectivity index (χ0v) is 15.0. The molecule has 0 saturated heterocycles. The molecule has 110 valence electrons. The van der Waals surface area contributed by atoms with Crippen LogP contribution in [0.5, 0.6) is 5.75 Å². The van der Waals surface area contributed by atoms with Crippen LogP contribution < -0.4 is 4.74 Å². The highest BCUT2D eigenvalue weighted by molar-refractivity contribution is 9.10. The molecule has 1 aliphatic heterocycles. The average Bonchev–Trinajstić information content (AvgIpc) is 2.76. The van der Waals surface area contributed by atoms with Gasteiger partial charge < -0.3 is 4.74 Å². The highest BCUT2D eigenvalue weighted by Gasteiger charge is 2.32. The Hall–Kier alpha value is -0.870. The molecule has 0 N–H and O–H groups in total. The normalized spacial score (nSPS) is 17.2. The van der Waals surface area contributed by atoms with Gasteiger partial charge in [0, 0.05) is 21.0 Å². The van der Waals surface area contributed by atoms with E-state index in [9.17, 15) is 4.39 Å². The molecular formula is C17H15Br2FO. The highest BCUT2D eigenvalue weighted by Crippen LogP contribution is 2.42. The minimum atomic E-state index is -0.212. The summed E-state index contributed by atoms with van der Waals surface area (Å²) >= 11 is 7.02. The van der Waals surface area contributed by atoms with E-state index < -0.39 is 0 Å². The third kappa shape index (κ3) is 2.76. The molecule has 4 heteroatoms. The van der Waals surface area contributed by atoms with E-state index in [0.717, 1.165) is 15.8 Å². The minimum absolute atomic E-state index is 0.00607. The molecule has 0 bridgehead atoms. The van der Waals surface area contributed by atoms with E-state index in [-0.39, 0.29) is 16.1 Å². The van der Waals surface area contributed by atoms with Crippen molar-refractivity contribution in [3.63, 3.8) is 0 Å². The lowest BCUT2D eigenvalue weighted by molar-refractivity contribution is 0.291. The van der Waals surface area contributed by atoms with Gasteiger partial charge in [-0.2, -0.15) is 0 Å². The van der Waals surface area contributed by atoms with Gasteiger partial charge in [0.25, 0.3) is 0 Å². The molecule has 1 heterocycles. The van der Waals surface area contributed by atoms with Crippen molar-refractivity contribution >= 4 is 31.9 Å². The molecule has 21 heavy (non-hydrogen) atoms. The lowest BCUT2D eigenvalue weighted by Crippen LogP contribution is -2.18. The topological polar surface area (TPSA) is 9.23 Å². The summed E-state index contributed by atoms with van der Waals surface area (Å²) in [6.07, 6.45) is 0. The third-order valence-electron chi connectivity index (χ3n) is 3.85. The van der Waals surface area contributed by atoms with Gasteiger partial charge in [-0.15, -0.1) is 0 Å². The third-order valence-corrected chi connectivity index (χ3v) is 5.36. The van der Waals surface area contributed by atoms with E-state index in [2.05, 4.69) is 51.8 Å². The molecule has 1 nitrogen and oxygen atoms in total. The van der Waals surface area contributed by atoms with Crippen LogP contribution >= 0.6 is 31.9 Å². The molecule has 0 fully saturated rings. The van der Waals surface area contributed by atoms with Crippen molar-refractivity contribution in [1.82, 2.24) is 0 Å². The molecule has 2 aromatic rings. The standard InChI is InChI=1S/C17H15Br2FO/c1-17(2)9-21-15-6-3-10(7-13(15)17)16(19)12-8-11(18)4-5-14(12)20/h3-8,16H,9H2,1-2H3. The average molecular weight is 414 g/mol. The summed E-state index contributed by atoms with van der Waals surface area (Å²) in [4.78, 5) is -0.184. The lowest BCUT2D eigenvalue weighted by atomic mass is 9.85. The summed E-state index contributed by atoms with van der Waals surface area (Å²) < 4.78 is 20.6. The Labute approximate surface area is 140 Å². The Kier molecular flexibility index (Phi) is 3.87. The van der Waals surface area contributed by atoms with Gasteiger partial charge in [0.05, 0.1) is 11.4 Å². The molecule has 1 atom stereocenters. The summed E-state index contributed by atoms with van der Waals surface area (Å²) in [6.45, 7) is 5.00. The minimum Gasteiger partial charge on any atom is -0.492 e. The molecule has 0 aromatic heterocycles. The quantitative estimate of drug-likeness (QED) is 0.570. The maximum absolute atomic E-state index is 14.1. The predicted molar refractivity (Wildman–Crippen MR) is 89.8 cm³/mol. The van der Waals surface area contributed by atoms with Crippen molar-refractivity contribution in [2.24, 2.45) is 0 Å². The van der Waals surface area contributed by atoms with Crippen LogP contribution in [0.25, 0.3) is 0 Å². The maximum Gasteiger partial charge on any atom is 0.127 e. The van der Waals surface area contributed by atoms with Gasteiger partial charge in [-0.1, -0.05) is 51.8 Å². The summed E-state index contributed by atoms with van der Waals surface area (Å²) in [5, 5.41) is 0. The second-order valence-corrected chi connectivity index (χ2v) is 7.79. The summed E-state index contributed by atoms with van der Waals surface area (Å²) in [5.74, 6) is 0.717. The van der Waals surface area contributed by atoms with Gasteiger partial charge in [0.15, 0.2) is 0 Å². The van der Waals surface area contributed by atoms with Crippen LogP contribution in [0.4, 0.5) is 4.39 Å². The Morgan fingerprint density at radius 1 is 1.19 bits per heavy atom. The zero-order valence-electron chi connectivity index (χ0n) is 11.8. The molecule has 0 saturated carbocycles. The Morgan fingerprint density at radius 3 is 2.71 bits per heavy atom. The van der Waals surface area contributed by atoms with Crippen molar-refractivity contribution in [2.45, 2.75) is 24.1 Å². The fourth-order valence-electron chi connectivity index (χ4n) is 2.58. The van der Waals surface area contributed by atoms with E-state index >= 15 is 0 Å². The van der Waals surface area contributed by atoms with Crippen molar-refractivity contribution in [1.29, 1.82) is 0 Å². The Bertz CT molecular complexity index is 697. The summed E-state index contributed by atoms with van der Waals surface area (Å²) in [6, 6.07) is 11.1. The molecular weight excluding hydrogens is 399 g/mol. The van der Waals surface area contributed by atoms with Crippen LogP contribution in [0, 0.1) is 5.82 Å². The van der Waals surface area contributed by atoms with E-state index in [1.54, 1.807) is 6.07 Å². The predicted octanol–water partition coefficient (Wildman–Crippen LogP) is 5.74. The van der Waals surface area contributed by atoms with Crippen molar-refractivity contribution in [2.75, 3.05) is 6.61 Å². The maximum atomic E-state index is 14.1. The van der Waals surface area contributed by atoms with E-state index in [1.807, 2.05) is 18.2 Å².